The van der Waals surface area contributed by atoms with Gasteiger partial charge in [-0.2, -0.15) is 0 Å². The summed E-state index contributed by atoms with van der Waals surface area (Å²) in [6.07, 6.45) is 1.87. The van der Waals surface area contributed by atoms with Gasteiger partial charge in [0.15, 0.2) is 0 Å². The van der Waals surface area contributed by atoms with Crippen LogP contribution in [0.25, 0.3) is 0 Å². The zero-order valence-corrected chi connectivity index (χ0v) is 9.33. The van der Waals surface area contributed by atoms with Crippen molar-refractivity contribution in [3.05, 3.63) is 48.6 Å². The molecule has 1 rings (SSSR count). The maximum absolute atomic E-state index is 3.69. The van der Waals surface area contributed by atoms with Gasteiger partial charge >= 0.3 is 23.1 Å². The molecule has 0 saturated carbocycles. The number of hydrogen-bond donors (Lipinski definition) is 0. The Kier molecular flexibility index (Phi) is 5.91. The average Bonchev–Trinajstić information content (AvgIpc) is 2.05. The standard InChI is InChI=1S/C9H9Br.Mg.2H/c1-2-9(10)8-6-4-3-5-7-8;;;/h2-7,9H,1H2;;;/q;+2;2*-1. The maximum atomic E-state index is 3.69. The minimum Gasteiger partial charge on any atom is -1.00 e. The molecule has 11 heavy (non-hydrogen) atoms. The summed E-state index contributed by atoms with van der Waals surface area (Å²) in [5, 5.41) is 0. The van der Waals surface area contributed by atoms with Crippen molar-refractivity contribution in [3.63, 3.8) is 0 Å². The van der Waals surface area contributed by atoms with Gasteiger partial charge in [0.25, 0.3) is 0 Å². The molecule has 1 aromatic rings. The maximum Gasteiger partial charge on any atom is 2.00 e. The van der Waals surface area contributed by atoms with Gasteiger partial charge in [-0.1, -0.05) is 52.3 Å². The predicted molar refractivity (Wildman–Crippen MR) is 56.3 cm³/mol. The van der Waals surface area contributed by atoms with Crippen LogP contribution in [0, 0.1) is 0 Å². The Bertz CT molecular complexity index is 216. The largest absolute Gasteiger partial charge is 2.00 e. The van der Waals surface area contributed by atoms with Crippen LogP contribution >= 0.6 is 15.9 Å². The summed E-state index contributed by atoms with van der Waals surface area (Å²) in [6, 6.07) is 10.2. The van der Waals surface area contributed by atoms with E-state index >= 15 is 0 Å². The second kappa shape index (κ2) is 5.81. The van der Waals surface area contributed by atoms with Gasteiger partial charge in [-0.15, -0.1) is 6.58 Å². The number of alkyl halides is 1. The van der Waals surface area contributed by atoms with Gasteiger partial charge in [0.05, 0.1) is 4.83 Å². The smallest absolute Gasteiger partial charge is 1.00 e. The van der Waals surface area contributed by atoms with Crippen LogP contribution in [-0.2, 0) is 0 Å². The van der Waals surface area contributed by atoms with Crippen molar-refractivity contribution in [1.82, 2.24) is 0 Å². The molecule has 0 radical (unpaired) electrons. The molecule has 0 aliphatic carbocycles. The molecule has 0 aliphatic heterocycles. The van der Waals surface area contributed by atoms with Gasteiger partial charge in [0, 0.05) is 0 Å². The molecule has 0 N–H and O–H groups in total. The van der Waals surface area contributed by atoms with E-state index in [-0.39, 0.29) is 30.7 Å². The van der Waals surface area contributed by atoms with Crippen LogP contribution in [0.5, 0.6) is 0 Å². The molecule has 0 fully saturated rings. The first-order chi connectivity index (χ1) is 4.84. The fraction of sp³-hybridized carbons (Fsp3) is 0.111. The van der Waals surface area contributed by atoms with Gasteiger partial charge < -0.3 is 2.85 Å². The van der Waals surface area contributed by atoms with Crippen LogP contribution in [0.15, 0.2) is 43.0 Å². The first-order valence-electron chi connectivity index (χ1n) is 3.16. The Morgan fingerprint density at radius 2 is 1.91 bits per heavy atom. The van der Waals surface area contributed by atoms with Crippen molar-refractivity contribution >= 4 is 39.0 Å². The molecule has 0 spiro atoms. The molecule has 2 heteroatoms. The van der Waals surface area contributed by atoms with E-state index < -0.39 is 0 Å². The molecule has 56 valence electrons. The minimum absolute atomic E-state index is 0. The summed E-state index contributed by atoms with van der Waals surface area (Å²) in [7, 11) is 0. The molecule has 0 nitrogen and oxygen atoms in total. The van der Waals surface area contributed by atoms with Crippen LogP contribution in [0.1, 0.15) is 13.2 Å². The molecule has 0 amide bonds. The normalized spacial score (nSPS) is 11.4. The fourth-order valence-corrected chi connectivity index (χ4v) is 1.08. The number of hydrogen-bond acceptors (Lipinski definition) is 0. The van der Waals surface area contributed by atoms with E-state index in [1.54, 1.807) is 0 Å². The van der Waals surface area contributed by atoms with Gasteiger partial charge in [-0.25, -0.2) is 0 Å². The number of benzene rings is 1. The van der Waals surface area contributed by atoms with Gasteiger partial charge in [0.2, 0.25) is 0 Å². The second-order valence-corrected chi connectivity index (χ2v) is 3.03. The molecule has 0 aromatic heterocycles. The predicted octanol–water partition coefficient (Wildman–Crippen LogP) is 3.15. The van der Waals surface area contributed by atoms with Crippen molar-refractivity contribution < 1.29 is 2.85 Å². The SMILES string of the molecule is C=CC(Br)c1ccccc1.[H-].[H-].[Mg+2]. The first kappa shape index (κ1) is 11.2. The van der Waals surface area contributed by atoms with E-state index in [0.29, 0.717) is 0 Å². The van der Waals surface area contributed by atoms with Crippen LogP contribution in [0.4, 0.5) is 0 Å². The molecule has 0 aliphatic rings. The third-order valence-corrected chi connectivity index (χ3v) is 2.23. The summed E-state index contributed by atoms with van der Waals surface area (Å²) in [6.45, 7) is 3.69. The number of allylic oxidation sites excluding steroid dienone is 1. The molecule has 1 atom stereocenters. The van der Waals surface area contributed by atoms with Crippen molar-refractivity contribution in [2.45, 2.75) is 4.83 Å². The summed E-state index contributed by atoms with van der Waals surface area (Å²) in [4.78, 5) is 0.286. The zero-order chi connectivity index (χ0) is 7.40. The summed E-state index contributed by atoms with van der Waals surface area (Å²) in [5.74, 6) is 0. The summed E-state index contributed by atoms with van der Waals surface area (Å²) >= 11 is 3.47. The molecule has 1 unspecified atom stereocenters. The molecule has 0 bridgehead atoms. The summed E-state index contributed by atoms with van der Waals surface area (Å²) in [5.41, 5.74) is 1.25. The first-order valence-corrected chi connectivity index (χ1v) is 4.07. The molecular formula is C9H11BrMg. The van der Waals surface area contributed by atoms with Crippen molar-refractivity contribution in [1.29, 1.82) is 0 Å². The van der Waals surface area contributed by atoms with E-state index in [0.717, 1.165) is 0 Å². The van der Waals surface area contributed by atoms with Crippen molar-refractivity contribution in [2.75, 3.05) is 0 Å². The van der Waals surface area contributed by atoms with E-state index in [9.17, 15) is 0 Å². The third-order valence-electron chi connectivity index (χ3n) is 1.32. The van der Waals surface area contributed by atoms with Crippen LogP contribution < -0.4 is 0 Å². The van der Waals surface area contributed by atoms with Crippen LogP contribution in [0.3, 0.4) is 0 Å². The van der Waals surface area contributed by atoms with E-state index in [2.05, 4.69) is 34.6 Å². The Balaban J connectivity index is -0.000000333. The molecule has 1 aromatic carbocycles. The van der Waals surface area contributed by atoms with Crippen LogP contribution in [0.2, 0.25) is 0 Å². The zero-order valence-electron chi connectivity index (χ0n) is 8.33. The average molecular weight is 223 g/mol. The molecule has 0 saturated heterocycles. The third kappa shape index (κ3) is 3.41. The molecular weight excluding hydrogens is 212 g/mol. The van der Waals surface area contributed by atoms with Crippen LogP contribution in [-0.4, -0.2) is 23.1 Å². The topological polar surface area (TPSA) is 0 Å². The van der Waals surface area contributed by atoms with E-state index in [1.165, 1.54) is 5.56 Å². The van der Waals surface area contributed by atoms with E-state index in [1.807, 2.05) is 24.3 Å². The Morgan fingerprint density at radius 1 is 1.36 bits per heavy atom. The number of halogens is 1. The Hall–Kier alpha value is 0.206. The minimum atomic E-state index is 0. The summed E-state index contributed by atoms with van der Waals surface area (Å²) < 4.78 is 0. The molecule has 0 heterocycles. The van der Waals surface area contributed by atoms with Gasteiger partial charge in [0.1, 0.15) is 0 Å². The Labute approximate surface area is 94.9 Å². The quantitative estimate of drug-likeness (QED) is 0.410. The van der Waals surface area contributed by atoms with Gasteiger partial charge in [-0.3, -0.25) is 0 Å². The monoisotopic (exact) mass is 222 g/mol. The van der Waals surface area contributed by atoms with Crippen molar-refractivity contribution in [3.8, 4) is 0 Å². The Morgan fingerprint density at radius 3 is 2.36 bits per heavy atom. The fourth-order valence-electron chi connectivity index (χ4n) is 0.773. The van der Waals surface area contributed by atoms with Gasteiger partial charge in [-0.05, 0) is 5.56 Å². The number of rotatable bonds is 2. The van der Waals surface area contributed by atoms with Crippen molar-refractivity contribution in [2.24, 2.45) is 0 Å². The van der Waals surface area contributed by atoms with E-state index in [4.69, 9.17) is 0 Å². The second-order valence-electron chi connectivity index (χ2n) is 2.05.